The van der Waals surface area contributed by atoms with Crippen LogP contribution in [0.1, 0.15) is 12.2 Å². The molecule has 7 heteroatoms. The summed E-state index contributed by atoms with van der Waals surface area (Å²) in [7, 11) is 0. The van der Waals surface area contributed by atoms with E-state index in [1.807, 2.05) is 37.3 Å². The lowest BCUT2D eigenvalue weighted by molar-refractivity contribution is -0.119. The summed E-state index contributed by atoms with van der Waals surface area (Å²) < 4.78 is 5.16. The van der Waals surface area contributed by atoms with E-state index in [-0.39, 0.29) is 11.8 Å². The van der Waals surface area contributed by atoms with Gasteiger partial charge in [0.05, 0.1) is 12.1 Å². The Morgan fingerprint density at radius 3 is 2.86 bits per heavy atom. The third-order valence-corrected chi connectivity index (χ3v) is 4.97. The predicted octanol–water partition coefficient (Wildman–Crippen LogP) is 3.45. The number of hydrogen-bond donors (Lipinski definition) is 1. The molecule has 1 aliphatic heterocycles. The van der Waals surface area contributed by atoms with Gasteiger partial charge in [0.15, 0.2) is 6.19 Å². The number of amides is 1. The van der Waals surface area contributed by atoms with Crippen LogP contribution in [0.5, 0.6) is 0 Å². The van der Waals surface area contributed by atoms with Crippen LogP contribution in [0.15, 0.2) is 53.3 Å². The zero-order valence-electron chi connectivity index (χ0n) is 15.4. The van der Waals surface area contributed by atoms with E-state index in [0.717, 1.165) is 28.0 Å². The second-order valence-electron chi connectivity index (χ2n) is 6.83. The van der Waals surface area contributed by atoms with E-state index in [4.69, 9.17) is 9.78 Å². The van der Waals surface area contributed by atoms with Gasteiger partial charge in [-0.2, -0.15) is 5.26 Å². The maximum Gasteiger partial charge on any atom is 0.230 e. The van der Waals surface area contributed by atoms with Crippen LogP contribution in [0, 0.1) is 24.3 Å². The fraction of sp³-hybridized carbons (Fsp3) is 0.238. The number of hydrogen-bond acceptors (Lipinski definition) is 6. The molecule has 1 aromatic carbocycles. The summed E-state index contributed by atoms with van der Waals surface area (Å²) in [6.07, 6.45) is 6.16. The van der Waals surface area contributed by atoms with Gasteiger partial charge >= 0.3 is 0 Å². The van der Waals surface area contributed by atoms with Crippen LogP contribution in [-0.2, 0) is 4.79 Å². The number of nitrogens with one attached hydrogen (secondary N) is 1. The second-order valence-corrected chi connectivity index (χ2v) is 6.83. The van der Waals surface area contributed by atoms with Crippen molar-refractivity contribution in [2.45, 2.75) is 13.3 Å². The molecule has 140 valence electrons. The predicted molar refractivity (Wildman–Crippen MR) is 104 cm³/mol. The number of nitriles is 1. The third kappa shape index (κ3) is 3.58. The summed E-state index contributed by atoms with van der Waals surface area (Å²) in [4.78, 5) is 18.3. The van der Waals surface area contributed by atoms with Crippen molar-refractivity contribution in [1.29, 1.82) is 5.26 Å². The van der Waals surface area contributed by atoms with Crippen LogP contribution in [0.25, 0.3) is 22.3 Å². The molecule has 0 aliphatic carbocycles. The molecule has 0 spiro atoms. The van der Waals surface area contributed by atoms with Crippen molar-refractivity contribution in [3.8, 4) is 28.4 Å². The van der Waals surface area contributed by atoms with Crippen LogP contribution < -0.4 is 5.32 Å². The van der Waals surface area contributed by atoms with Crippen molar-refractivity contribution in [3.63, 3.8) is 0 Å². The standard InChI is InChI=1S/C21H19N5O2/c1-14-19(11-24-28-14)17-4-2-3-15(9-17)16-5-7-23-20(10-16)25-21(27)18-6-8-26(12-18)13-22/h2-5,7,9-11,18H,6,8,12H2,1H3,(H,23,25,27)/t18-/m0/s1. The van der Waals surface area contributed by atoms with E-state index < -0.39 is 0 Å². The maximum absolute atomic E-state index is 12.5. The molecular weight excluding hydrogens is 354 g/mol. The molecule has 0 unspecified atom stereocenters. The molecule has 7 nitrogen and oxygen atoms in total. The summed E-state index contributed by atoms with van der Waals surface area (Å²) in [6, 6.07) is 11.8. The van der Waals surface area contributed by atoms with Gasteiger partial charge in [-0.1, -0.05) is 23.4 Å². The highest BCUT2D eigenvalue weighted by Crippen LogP contribution is 2.29. The van der Waals surface area contributed by atoms with Gasteiger partial charge < -0.3 is 14.7 Å². The molecule has 28 heavy (non-hydrogen) atoms. The van der Waals surface area contributed by atoms with Crippen molar-refractivity contribution in [1.82, 2.24) is 15.0 Å². The summed E-state index contributed by atoms with van der Waals surface area (Å²) in [5.41, 5.74) is 3.92. The minimum absolute atomic E-state index is 0.101. The number of aromatic nitrogens is 2. The maximum atomic E-state index is 12.5. The summed E-state index contributed by atoms with van der Waals surface area (Å²) in [5, 5.41) is 15.7. The van der Waals surface area contributed by atoms with Crippen LogP contribution in [0.2, 0.25) is 0 Å². The van der Waals surface area contributed by atoms with Crippen LogP contribution >= 0.6 is 0 Å². The minimum Gasteiger partial charge on any atom is -0.361 e. The van der Waals surface area contributed by atoms with Gasteiger partial charge in [0.2, 0.25) is 5.91 Å². The molecular formula is C21H19N5O2. The number of anilines is 1. The zero-order chi connectivity index (χ0) is 19.5. The van der Waals surface area contributed by atoms with E-state index in [0.29, 0.717) is 25.3 Å². The quantitative estimate of drug-likeness (QED) is 0.704. The average molecular weight is 373 g/mol. The Morgan fingerprint density at radius 1 is 1.29 bits per heavy atom. The van der Waals surface area contributed by atoms with Crippen LogP contribution in [0.3, 0.4) is 0 Å². The first-order valence-corrected chi connectivity index (χ1v) is 9.08. The number of nitrogens with zero attached hydrogens (tertiary/aromatic N) is 4. The van der Waals surface area contributed by atoms with Gasteiger partial charge in [-0.15, -0.1) is 0 Å². The molecule has 1 atom stereocenters. The number of carbonyl (C=O) groups excluding carboxylic acids is 1. The minimum atomic E-state index is -0.190. The molecule has 3 aromatic rings. The third-order valence-electron chi connectivity index (χ3n) is 4.97. The molecule has 0 bridgehead atoms. The lowest BCUT2D eigenvalue weighted by Crippen LogP contribution is -2.25. The Balaban J connectivity index is 1.54. The SMILES string of the molecule is Cc1oncc1-c1cccc(-c2ccnc(NC(=O)[C@H]3CCN(C#N)C3)c2)c1. The van der Waals surface area contributed by atoms with Crippen molar-refractivity contribution in [2.75, 3.05) is 18.4 Å². The fourth-order valence-corrected chi connectivity index (χ4v) is 3.41. The fourth-order valence-electron chi connectivity index (χ4n) is 3.41. The number of carbonyl (C=O) groups is 1. The normalized spacial score (nSPS) is 16.0. The summed E-state index contributed by atoms with van der Waals surface area (Å²) in [5.74, 6) is 0.980. The molecule has 2 aromatic heterocycles. The molecule has 1 amide bonds. The van der Waals surface area contributed by atoms with E-state index >= 15 is 0 Å². The first kappa shape index (κ1) is 17.7. The highest BCUT2D eigenvalue weighted by Gasteiger charge is 2.28. The van der Waals surface area contributed by atoms with Gasteiger partial charge in [0.25, 0.3) is 0 Å². The molecule has 1 saturated heterocycles. The number of likely N-dealkylation sites (tertiary alicyclic amines) is 1. The monoisotopic (exact) mass is 373 g/mol. The first-order chi connectivity index (χ1) is 13.6. The van der Waals surface area contributed by atoms with E-state index in [1.165, 1.54) is 0 Å². The highest BCUT2D eigenvalue weighted by atomic mass is 16.5. The summed E-state index contributed by atoms with van der Waals surface area (Å²) in [6.45, 7) is 2.96. The Bertz CT molecular complexity index is 1050. The molecule has 4 rings (SSSR count). The Hall–Kier alpha value is -3.66. The van der Waals surface area contributed by atoms with E-state index in [2.05, 4.69) is 27.7 Å². The molecule has 0 radical (unpaired) electrons. The number of pyridine rings is 1. The van der Waals surface area contributed by atoms with Crippen molar-refractivity contribution in [3.05, 3.63) is 54.6 Å². The molecule has 0 saturated carbocycles. The lowest BCUT2D eigenvalue weighted by atomic mass is 10.0. The van der Waals surface area contributed by atoms with Gasteiger partial charge in [0, 0.05) is 24.8 Å². The lowest BCUT2D eigenvalue weighted by Gasteiger charge is -2.11. The highest BCUT2D eigenvalue weighted by molar-refractivity contribution is 5.92. The van der Waals surface area contributed by atoms with Crippen molar-refractivity contribution >= 4 is 11.7 Å². The second kappa shape index (κ2) is 7.53. The molecule has 1 aliphatic rings. The van der Waals surface area contributed by atoms with Crippen LogP contribution in [-0.4, -0.2) is 34.0 Å². The smallest absolute Gasteiger partial charge is 0.230 e. The van der Waals surface area contributed by atoms with E-state index in [1.54, 1.807) is 17.3 Å². The number of rotatable bonds is 4. The number of aryl methyl sites for hydroxylation is 1. The van der Waals surface area contributed by atoms with Gasteiger partial charge in [-0.25, -0.2) is 4.98 Å². The molecule has 3 heterocycles. The summed E-state index contributed by atoms with van der Waals surface area (Å²) >= 11 is 0. The molecule has 1 N–H and O–H groups in total. The van der Waals surface area contributed by atoms with Crippen LogP contribution in [0.4, 0.5) is 5.82 Å². The first-order valence-electron chi connectivity index (χ1n) is 9.08. The van der Waals surface area contributed by atoms with Gasteiger partial charge in [-0.3, -0.25) is 4.79 Å². The largest absolute Gasteiger partial charge is 0.361 e. The Kier molecular flexibility index (Phi) is 4.77. The topological polar surface area (TPSA) is 95.1 Å². The van der Waals surface area contributed by atoms with Crippen molar-refractivity contribution < 1.29 is 9.32 Å². The van der Waals surface area contributed by atoms with Gasteiger partial charge in [0.1, 0.15) is 11.6 Å². The number of benzene rings is 1. The van der Waals surface area contributed by atoms with Gasteiger partial charge in [-0.05, 0) is 48.2 Å². The average Bonchev–Trinajstić information content (AvgIpc) is 3.37. The van der Waals surface area contributed by atoms with Crippen molar-refractivity contribution in [2.24, 2.45) is 5.92 Å². The van der Waals surface area contributed by atoms with E-state index in [9.17, 15) is 4.79 Å². The molecule has 1 fully saturated rings. The zero-order valence-corrected chi connectivity index (χ0v) is 15.4. The Labute approximate surface area is 162 Å². The Morgan fingerprint density at radius 2 is 2.11 bits per heavy atom.